The number of halogens is 2. The van der Waals surface area contributed by atoms with Crippen molar-refractivity contribution in [2.24, 2.45) is 0 Å². The fourth-order valence-electron chi connectivity index (χ4n) is 1.71. The molecule has 0 spiro atoms. The van der Waals surface area contributed by atoms with Gasteiger partial charge in [-0.15, -0.1) is 0 Å². The van der Waals surface area contributed by atoms with E-state index in [1.165, 1.54) is 12.1 Å². The standard InChI is InChI=1S/C15H15BrFN3O/c1-2-6-18-11-5-7-19-14(9-11)15(21)20-13-4-3-10(16)8-12(13)17/h3-5,7-9H,2,6H2,1H3,(H,18,19)(H,20,21). The number of hydrogen-bond acceptors (Lipinski definition) is 3. The van der Waals surface area contributed by atoms with E-state index in [2.05, 4.69) is 38.5 Å². The van der Waals surface area contributed by atoms with Gasteiger partial charge in [0.15, 0.2) is 0 Å². The number of pyridine rings is 1. The normalized spacial score (nSPS) is 10.2. The molecule has 0 fully saturated rings. The summed E-state index contributed by atoms with van der Waals surface area (Å²) >= 11 is 3.17. The molecule has 4 nitrogen and oxygen atoms in total. The van der Waals surface area contributed by atoms with Gasteiger partial charge in [-0.05, 0) is 36.8 Å². The van der Waals surface area contributed by atoms with Gasteiger partial charge in [-0.3, -0.25) is 9.78 Å². The molecule has 1 aromatic carbocycles. The zero-order valence-electron chi connectivity index (χ0n) is 11.5. The van der Waals surface area contributed by atoms with E-state index in [4.69, 9.17) is 0 Å². The van der Waals surface area contributed by atoms with E-state index in [-0.39, 0.29) is 11.4 Å². The lowest BCUT2D eigenvalue weighted by Crippen LogP contribution is -2.15. The minimum atomic E-state index is -0.502. The van der Waals surface area contributed by atoms with Crippen LogP contribution in [-0.2, 0) is 0 Å². The van der Waals surface area contributed by atoms with Gasteiger partial charge in [0.1, 0.15) is 11.5 Å². The van der Waals surface area contributed by atoms with Crippen LogP contribution < -0.4 is 10.6 Å². The highest BCUT2D eigenvalue weighted by atomic mass is 79.9. The van der Waals surface area contributed by atoms with Crippen molar-refractivity contribution in [3.63, 3.8) is 0 Å². The summed E-state index contributed by atoms with van der Waals surface area (Å²) < 4.78 is 14.3. The number of carbonyl (C=O) groups excluding carboxylic acids is 1. The van der Waals surface area contributed by atoms with E-state index in [9.17, 15) is 9.18 Å². The lowest BCUT2D eigenvalue weighted by molar-refractivity contribution is 0.102. The van der Waals surface area contributed by atoms with Crippen molar-refractivity contribution in [3.05, 3.63) is 52.5 Å². The van der Waals surface area contributed by atoms with E-state index in [0.717, 1.165) is 18.7 Å². The Labute approximate surface area is 130 Å². The van der Waals surface area contributed by atoms with Crippen LogP contribution in [0, 0.1) is 5.82 Å². The second-order valence-electron chi connectivity index (χ2n) is 4.43. The number of hydrogen-bond donors (Lipinski definition) is 2. The Morgan fingerprint density at radius 1 is 1.33 bits per heavy atom. The smallest absolute Gasteiger partial charge is 0.274 e. The Hall–Kier alpha value is -1.95. The van der Waals surface area contributed by atoms with Crippen LogP contribution >= 0.6 is 15.9 Å². The summed E-state index contributed by atoms with van der Waals surface area (Å²) in [5, 5.41) is 5.68. The van der Waals surface area contributed by atoms with Gasteiger partial charge >= 0.3 is 0 Å². The van der Waals surface area contributed by atoms with Crippen LogP contribution in [0.25, 0.3) is 0 Å². The predicted octanol–water partition coefficient (Wildman–Crippen LogP) is 4.06. The van der Waals surface area contributed by atoms with Crippen molar-refractivity contribution < 1.29 is 9.18 Å². The molecule has 0 saturated heterocycles. The van der Waals surface area contributed by atoms with Gasteiger partial charge in [0.2, 0.25) is 0 Å². The summed E-state index contributed by atoms with van der Waals surface area (Å²) in [7, 11) is 0. The summed E-state index contributed by atoms with van der Waals surface area (Å²) in [6, 6.07) is 7.87. The maximum Gasteiger partial charge on any atom is 0.274 e. The van der Waals surface area contributed by atoms with Crippen molar-refractivity contribution in [3.8, 4) is 0 Å². The van der Waals surface area contributed by atoms with Gasteiger partial charge in [-0.2, -0.15) is 0 Å². The molecule has 1 aromatic heterocycles. The monoisotopic (exact) mass is 351 g/mol. The first-order valence-electron chi connectivity index (χ1n) is 6.56. The van der Waals surface area contributed by atoms with Crippen LogP contribution in [0.1, 0.15) is 23.8 Å². The molecule has 0 unspecified atom stereocenters. The number of rotatable bonds is 5. The first-order valence-corrected chi connectivity index (χ1v) is 7.35. The summed E-state index contributed by atoms with van der Waals surface area (Å²) in [4.78, 5) is 16.1. The third-order valence-corrected chi connectivity index (χ3v) is 3.24. The first-order chi connectivity index (χ1) is 10.1. The fraction of sp³-hybridized carbons (Fsp3) is 0.200. The number of nitrogens with one attached hydrogen (secondary N) is 2. The SMILES string of the molecule is CCCNc1ccnc(C(=O)Nc2ccc(Br)cc2F)c1. The fourth-order valence-corrected chi connectivity index (χ4v) is 2.04. The zero-order chi connectivity index (χ0) is 15.2. The van der Waals surface area contributed by atoms with E-state index in [1.807, 2.05) is 0 Å². The first kappa shape index (κ1) is 15.4. The predicted molar refractivity (Wildman–Crippen MR) is 85.1 cm³/mol. The molecule has 0 bridgehead atoms. The quantitative estimate of drug-likeness (QED) is 0.853. The molecular weight excluding hydrogens is 337 g/mol. The maximum atomic E-state index is 13.7. The van der Waals surface area contributed by atoms with Crippen LogP contribution in [0.3, 0.4) is 0 Å². The lowest BCUT2D eigenvalue weighted by Gasteiger charge is -2.08. The van der Waals surface area contributed by atoms with Crippen LogP contribution in [0.4, 0.5) is 15.8 Å². The molecule has 2 rings (SSSR count). The molecule has 2 N–H and O–H groups in total. The van der Waals surface area contributed by atoms with Gasteiger partial charge in [0, 0.05) is 22.9 Å². The van der Waals surface area contributed by atoms with E-state index in [0.29, 0.717) is 4.47 Å². The number of nitrogens with zero attached hydrogens (tertiary/aromatic N) is 1. The lowest BCUT2D eigenvalue weighted by atomic mass is 10.2. The van der Waals surface area contributed by atoms with Crippen molar-refractivity contribution in [1.82, 2.24) is 4.98 Å². The highest BCUT2D eigenvalue weighted by Gasteiger charge is 2.11. The molecule has 0 atom stereocenters. The Morgan fingerprint density at radius 3 is 2.86 bits per heavy atom. The number of aromatic nitrogens is 1. The van der Waals surface area contributed by atoms with Crippen LogP contribution in [0.5, 0.6) is 0 Å². The molecule has 6 heteroatoms. The van der Waals surface area contributed by atoms with Crippen LogP contribution in [0.15, 0.2) is 41.0 Å². The summed E-state index contributed by atoms with van der Waals surface area (Å²) in [6.07, 6.45) is 2.53. The molecule has 21 heavy (non-hydrogen) atoms. The third kappa shape index (κ3) is 4.26. The highest BCUT2D eigenvalue weighted by molar-refractivity contribution is 9.10. The summed E-state index contributed by atoms with van der Waals surface area (Å²) in [5.74, 6) is -0.950. The number of anilines is 2. The van der Waals surface area contributed by atoms with E-state index < -0.39 is 11.7 Å². The van der Waals surface area contributed by atoms with Crippen molar-refractivity contribution in [2.45, 2.75) is 13.3 Å². The zero-order valence-corrected chi connectivity index (χ0v) is 13.1. The minimum absolute atomic E-state index is 0.122. The number of benzene rings is 1. The van der Waals surface area contributed by atoms with Crippen LogP contribution in [-0.4, -0.2) is 17.4 Å². The van der Waals surface area contributed by atoms with Crippen molar-refractivity contribution >= 4 is 33.2 Å². The molecule has 1 heterocycles. The van der Waals surface area contributed by atoms with Crippen molar-refractivity contribution in [2.75, 3.05) is 17.2 Å². The molecule has 2 aromatic rings. The Morgan fingerprint density at radius 2 is 2.14 bits per heavy atom. The van der Waals surface area contributed by atoms with Gasteiger partial charge in [0.05, 0.1) is 5.69 Å². The number of carbonyl (C=O) groups is 1. The highest BCUT2D eigenvalue weighted by Crippen LogP contribution is 2.20. The number of amides is 1. The average molecular weight is 352 g/mol. The minimum Gasteiger partial charge on any atom is -0.385 e. The summed E-state index contributed by atoms with van der Waals surface area (Å²) in [5.41, 5.74) is 1.17. The molecule has 1 amide bonds. The van der Waals surface area contributed by atoms with Crippen LogP contribution in [0.2, 0.25) is 0 Å². The second kappa shape index (κ2) is 7.17. The maximum absolute atomic E-state index is 13.7. The van der Waals surface area contributed by atoms with Crippen molar-refractivity contribution in [1.29, 1.82) is 0 Å². The molecule has 0 saturated carbocycles. The topological polar surface area (TPSA) is 54.0 Å². The van der Waals surface area contributed by atoms with Gasteiger partial charge in [-0.25, -0.2) is 4.39 Å². The van der Waals surface area contributed by atoms with Gasteiger partial charge < -0.3 is 10.6 Å². The summed E-state index contributed by atoms with van der Waals surface area (Å²) in [6.45, 7) is 2.87. The molecule has 0 radical (unpaired) electrons. The van der Waals surface area contributed by atoms with Gasteiger partial charge in [-0.1, -0.05) is 22.9 Å². The molecule has 110 valence electrons. The second-order valence-corrected chi connectivity index (χ2v) is 5.35. The molecular formula is C15H15BrFN3O. The van der Waals surface area contributed by atoms with E-state index >= 15 is 0 Å². The van der Waals surface area contributed by atoms with E-state index in [1.54, 1.807) is 24.4 Å². The Kier molecular flexibility index (Phi) is 5.27. The molecule has 0 aliphatic rings. The van der Waals surface area contributed by atoms with Gasteiger partial charge in [0.25, 0.3) is 5.91 Å². The average Bonchev–Trinajstić information content (AvgIpc) is 2.48. The third-order valence-electron chi connectivity index (χ3n) is 2.75. The Balaban J connectivity index is 2.12. The largest absolute Gasteiger partial charge is 0.385 e. The molecule has 0 aliphatic carbocycles. The Bertz CT molecular complexity index is 649. The molecule has 0 aliphatic heterocycles.